The summed E-state index contributed by atoms with van der Waals surface area (Å²) in [7, 11) is 0. The minimum absolute atomic E-state index is 0.0473. The quantitative estimate of drug-likeness (QED) is 0.278. The Bertz CT molecular complexity index is 1200. The molecule has 0 spiro atoms. The molecule has 1 aliphatic heterocycles. The number of hydrogen-bond acceptors (Lipinski definition) is 8. The molecule has 0 bridgehead atoms. The summed E-state index contributed by atoms with van der Waals surface area (Å²) in [5.41, 5.74) is 1.15. The molecular formula is C22H22BrN5O6. The van der Waals surface area contributed by atoms with E-state index in [1.807, 2.05) is 30.3 Å². The number of anilines is 1. The van der Waals surface area contributed by atoms with Crippen LogP contribution >= 0.6 is 15.9 Å². The van der Waals surface area contributed by atoms with Crippen LogP contribution in [0.1, 0.15) is 18.4 Å². The highest BCUT2D eigenvalue weighted by Gasteiger charge is 2.30. The van der Waals surface area contributed by atoms with Crippen LogP contribution in [0.15, 0.2) is 53.0 Å². The van der Waals surface area contributed by atoms with Crippen LogP contribution < -0.4 is 14.9 Å². The summed E-state index contributed by atoms with van der Waals surface area (Å²) in [4.78, 5) is 26.3. The monoisotopic (exact) mass is 531 g/mol. The second kappa shape index (κ2) is 10.5. The van der Waals surface area contributed by atoms with Gasteiger partial charge in [0.05, 0.1) is 19.5 Å². The molecule has 0 saturated carbocycles. The van der Waals surface area contributed by atoms with Crippen LogP contribution in [0.3, 0.4) is 0 Å². The van der Waals surface area contributed by atoms with E-state index >= 15 is 0 Å². The van der Waals surface area contributed by atoms with E-state index in [0.717, 1.165) is 5.56 Å². The smallest absolute Gasteiger partial charge is 0.460 e. The van der Waals surface area contributed by atoms with Crippen LogP contribution in [0, 0.1) is 10.4 Å². The standard InChI is InChI=1S/C22H22BrN5O6/c23-16-6-7-18-19(12-16)28(32)25-21(27(18)31)24-10-8-20(29)34-17-9-11-26(13-17)22(30)33-14-15-4-2-1-3-5-15/h1-7,12,17H,8-11,13-14H2,(H,24,25). The molecule has 2 heterocycles. The number of nitrogens with zero attached hydrogens (tertiary/aromatic N) is 4. The van der Waals surface area contributed by atoms with Crippen LogP contribution in [0.4, 0.5) is 10.7 Å². The Hall–Kier alpha value is -3.67. The molecule has 4 rings (SSSR count). The molecule has 1 amide bonds. The summed E-state index contributed by atoms with van der Waals surface area (Å²) in [6.45, 7) is 0.910. The van der Waals surface area contributed by atoms with Gasteiger partial charge in [0, 0.05) is 28.3 Å². The molecule has 0 radical (unpaired) electrons. The van der Waals surface area contributed by atoms with Crippen molar-refractivity contribution in [2.45, 2.75) is 25.6 Å². The Morgan fingerprint density at radius 3 is 2.76 bits per heavy atom. The number of amides is 1. The zero-order valence-electron chi connectivity index (χ0n) is 18.1. The average molecular weight is 532 g/mol. The lowest BCUT2D eigenvalue weighted by atomic mass is 10.2. The van der Waals surface area contributed by atoms with Gasteiger partial charge in [-0.1, -0.05) is 46.3 Å². The highest BCUT2D eigenvalue weighted by molar-refractivity contribution is 9.10. The Balaban J connectivity index is 1.22. The first-order valence-electron chi connectivity index (χ1n) is 10.6. The second-order valence-corrected chi connectivity index (χ2v) is 8.60. The second-order valence-electron chi connectivity index (χ2n) is 7.69. The Morgan fingerprint density at radius 2 is 1.97 bits per heavy atom. The third-order valence-corrected chi connectivity index (χ3v) is 5.75. The van der Waals surface area contributed by atoms with Gasteiger partial charge in [-0.25, -0.2) is 9.52 Å². The van der Waals surface area contributed by atoms with Gasteiger partial charge in [0.2, 0.25) is 5.10 Å². The molecule has 1 fully saturated rings. The Kier molecular flexibility index (Phi) is 7.26. The van der Waals surface area contributed by atoms with Crippen molar-refractivity contribution in [1.29, 1.82) is 0 Å². The first-order valence-corrected chi connectivity index (χ1v) is 11.4. The maximum atomic E-state index is 12.4. The lowest BCUT2D eigenvalue weighted by molar-refractivity contribution is -0.672. The number of nitrogens with one attached hydrogen (secondary N) is 1. The number of rotatable bonds is 7. The highest BCUT2D eigenvalue weighted by Crippen LogP contribution is 2.16. The zero-order valence-corrected chi connectivity index (χ0v) is 19.6. The van der Waals surface area contributed by atoms with Gasteiger partial charge in [0.15, 0.2) is 5.52 Å². The number of ether oxygens (including phenoxy) is 2. The SMILES string of the molecule is O=C(CCNc1n[n+]([O-])c2cc(Br)ccc2[n+]1[O-])OC1CCN(C(=O)OCc2ccccc2)C1. The van der Waals surface area contributed by atoms with E-state index in [1.54, 1.807) is 6.07 Å². The van der Waals surface area contributed by atoms with Crippen LogP contribution in [0.2, 0.25) is 0 Å². The third kappa shape index (κ3) is 5.63. The maximum Gasteiger partial charge on any atom is 0.460 e. The van der Waals surface area contributed by atoms with Crippen molar-refractivity contribution < 1.29 is 28.6 Å². The predicted molar refractivity (Wildman–Crippen MR) is 123 cm³/mol. The molecule has 1 N–H and O–H groups in total. The lowest BCUT2D eigenvalue weighted by Gasteiger charge is -2.16. The number of benzene rings is 2. The van der Waals surface area contributed by atoms with Gasteiger partial charge in [0.1, 0.15) is 12.7 Å². The predicted octanol–water partition coefficient (Wildman–Crippen LogP) is 2.02. The van der Waals surface area contributed by atoms with Gasteiger partial charge in [-0.05, 0) is 17.7 Å². The molecule has 11 nitrogen and oxygen atoms in total. The molecular weight excluding hydrogens is 510 g/mol. The number of aromatic nitrogens is 3. The van der Waals surface area contributed by atoms with Crippen LogP contribution in [-0.4, -0.2) is 47.8 Å². The van der Waals surface area contributed by atoms with Gasteiger partial charge in [-0.2, -0.15) is 0 Å². The maximum absolute atomic E-state index is 12.4. The summed E-state index contributed by atoms with van der Waals surface area (Å²) in [5, 5.41) is 30.9. The van der Waals surface area contributed by atoms with Gasteiger partial charge < -0.3 is 24.8 Å². The van der Waals surface area contributed by atoms with E-state index in [9.17, 15) is 20.0 Å². The van der Waals surface area contributed by atoms with Gasteiger partial charge in [-0.3, -0.25) is 10.1 Å². The lowest BCUT2D eigenvalue weighted by Crippen LogP contribution is -2.44. The first kappa shape index (κ1) is 23.5. The van der Waals surface area contributed by atoms with E-state index in [2.05, 4.69) is 26.3 Å². The topological polar surface area (TPSA) is 135 Å². The minimum Gasteiger partial charge on any atom is -0.739 e. The molecule has 1 saturated heterocycles. The van der Waals surface area contributed by atoms with Crippen molar-refractivity contribution in [3.8, 4) is 0 Å². The minimum atomic E-state index is -0.492. The van der Waals surface area contributed by atoms with Gasteiger partial charge in [-0.15, -0.1) is 0 Å². The fraction of sp³-hybridized carbons (Fsp3) is 0.318. The largest absolute Gasteiger partial charge is 0.739 e. The van der Waals surface area contributed by atoms with Crippen molar-refractivity contribution in [2.24, 2.45) is 0 Å². The summed E-state index contributed by atoms with van der Waals surface area (Å²) < 4.78 is 11.9. The van der Waals surface area contributed by atoms with E-state index in [0.29, 0.717) is 27.0 Å². The zero-order chi connectivity index (χ0) is 24.1. The summed E-state index contributed by atoms with van der Waals surface area (Å²) in [6.07, 6.45) is -0.418. The molecule has 178 valence electrons. The molecule has 1 aliphatic rings. The van der Waals surface area contributed by atoms with E-state index in [4.69, 9.17) is 9.47 Å². The molecule has 1 unspecified atom stereocenters. The number of likely N-dealkylation sites (tertiary alicyclic amines) is 1. The molecule has 12 heteroatoms. The van der Waals surface area contributed by atoms with E-state index < -0.39 is 18.2 Å². The third-order valence-electron chi connectivity index (χ3n) is 5.26. The van der Waals surface area contributed by atoms with Gasteiger partial charge in [0.25, 0.3) is 0 Å². The summed E-state index contributed by atoms with van der Waals surface area (Å²) in [6, 6.07) is 14.0. The van der Waals surface area contributed by atoms with Crippen molar-refractivity contribution in [3.05, 3.63) is 69.0 Å². The molecule has 0 aliphatic carbocycles. The number of halogens is 1. The van der Waals surface area contributed by atoms with Crippen LogP contribution in [-0.2, 0) is 20.9 Å². The fourth-order valence-electron chi connectivity index (χ4n) is 3.55. The van der Waals surface area contributed by atoms with Crippen molar-refractivity contribution in [3.63, 3.8) is 0 Å². The van der Waals surface area contributed by atoms with E-state index in [1.165, 1.54) is 17.0 Å². The molecule has 3 aromatic rings. The van der Waals surface area contributed by atoms with Crippen molar-refractivity contribution >= 4 is 45.0 Å². The molecule has 34 heavy (non-hydrogen) atoms. The summed E-state index contributed by atoms with van der Waals surface area (Å²) in [5.74, 6) is -0.708. The fourth-order valence-corrected chi connectivity index (χ4v) is 3.89. The van der Waals surface area contributed by atoms with Crippen molar-refractivity contribution in [1.82, 2.24) is 10.00 Å². The molecule has 1 aromatic heterocycles. The van der Waals surface area contributed by atoms with Crippen LogP contribution in [0.25, 0.3) is 11.0 Å². The summed E-state index contributed by atoms with van der Waals surface area (Å²) >= 11 is 3.25. The Labute approximate surface area is 203 Å². The van der Waals surface area contributed by atoms with Crippen LogP contribution in [0.5, 0.6) is 0 Å². The molecule has 2 aromatic carbocycles. The number of esters is 1. The average Bonchev–Trinajstić information content (AvgIpc) is 3.29. The normalized spacial score (nSPS) is 15.3. The van der Waals surface area contributed by atoms with Gasteiger partial charge >= 0.3 is 23.5 Å². The van der Waals surface area contributed by atoms with E-state index in [-0.39, 0.29) is 43.1 Å². The number of hydrogen-bond donors (Lipinski definition) is 1. The molecule has 1 atom stereocenters. The number of carbonyl (C=O) groups excluding carboxylic acids is 2. The number of carbonyl (C=O) groups is 2. The van der Waals surface area contributed by atoms with Crippen molar-refractivity contribution in [2.75, 3.05) is 25.0 Å². The Morgan fingerprint density at radius 1 is 1.18 bits per heavy atom. The first-order chi connectivity index (χ1) is 16.4. The number of fused-ring (bicyclic) bond motifs is 1. The highest BCUT2D eigenvalue weighted by atomic mass is 79.9.